The molecule has 2 amide bonds. The van der Waals surface area contributed by atoms with Crippen LogP contribution in [0.2, 0.25) is 0 Å². The molecular formula is C29H35N3O4S. The monoisotopic (exact) mass is 521 g/mol. The number of amides is 2. The molecule has 1 unspecified atom stereocenters. The summed E-state index contributed by atoms with van der Waals surface area (Å²) in [6.07, 6.45) is 0.630. The Labute approximate surface area is 220 Å². The Morgan fingerprint density at radius 1 is 0.865 bits per heavy atom. The standard InChI is InChI=1S/C29H35N3O4S/c1-4-31-37(35,36)27-17-14-24(15-18-27)16-19-28(33)32(21-26-8-6-5-7-9-26)23(3)29(34)30-20-25-12-10-22(2)11-13-25/h5-15,17-18,23,31H,4,16,19-21H2,1-3H3,(H,30,34). The minimum absolute atomic E-state index is 0.147. The normalized spacial score (nSPS) is 12.1. The Bertz CT molecular complexity index is 1270. The van der Waals surface area contributed by atoms with Gasteiger partial charge in [-0.2, -0.15) is 0 Å². The summed E-state index contributed by atoms with van der Waals surface area (Å²) in [5, 5.41) is 2.95. The van der Waals surface area contributed by atoms with Crippen LogP contribution in [-0.4, -0.2) is 37.7 Å². The van der Waals surface area contributed by atoms with Gasteiger partial charge in [0.2, 0.25) is 21.8 Å². The van der Waals surface area contributed by atoms with Gasteiger partial charge in [0.1, 0.15) is 6.04 Å². The van der Waals surface area contributed by atoms with Crippen molar-refractivity contribution in [2.24, 2.45) is 0 Å². The fraction of sp³-hybridized carbons (Fsp3) is 0.310. The first-order chi connectivity index (χ1) is 17.7. The van der Waals surface area contributed by atoms with Crippen LogP contribution in [0.15, 0.2) is 83.8 Å². The van der Waals surface area contributed by atoms with Crippen LogP contribution >= 0.6 is 0 Å². The molecule has 0 aliphatic rings. The molecule has 3 aromatic rings. The van der Waals surface area contributed by atoms with E-state index in [9.17, 15) is 18.0 Å². The van der Waals surface area contributed by atoms with Crippen molar-refractivity contribution >= 4 is 21.8 Å². The van der Waals surface area contributed by atoms with Crippen molar-refractivity contribution in [1.82, 2.24) is 14.9 Å². The highest BCUT2D eigenvalue weighted by Crippen LogP contribution is 2.15. The predicted molar refractivity (Wildman–Crippen MR) is 145 cm³/mol. The quantitative estimate of drug-likeness (QED) is 0.377. The van der Waals surface area contributed by atoms with Crippen LogP contribution in [0.25, 0.3) is 0 Å². The molecule has 0 saturated carbocycles. The summed E-state index contributed by atoms with van der Waals surface area (Å²) in [6.45, 7) is 6.50. The van der Waals surface area contributed by atoms with Gasteiger partial charge in [-0.3, -0.25) is 9.59 Å². The maximum atomic E-state index is 13.3. The Morgan fingerprint density at radius 3 is 2.11 bits per heavy atom. The minimum Gasteiger partial charge on any atom is -0.350 e. The fourth-order valence-electron chi connectivity index (χ4n) is 3.91. The summed E-state index contributed by atoms with van der Waals surface area (Å²) in [4.78, 5) is 28.1. The second-order valence-corrected chi connectivity index (χ2v) is 10.8. The highest BCUT2D eigenvalue weighted by atomic mass is 32.2. The summed E-state index contributed by atoms with van der Waals surface area (Å²) < 4.78 is 26.8. The third-order valence-electron chi connectivity index (χ3n) is 6.15. The molecule has 0 aliphatic heterocycles. The molecule has 1 atom stereocenters. The summed E-state index contributed by atoms with van der Waals surface area (Å²) in [5.74, 6) is -0.367. The van der Waals surface area contributed by atoms with Gasteiger partial charge in [0.15, 0.2) is 0 Å². The molecular weight excluding hydrogens is 486 g/mol. The van der Waals surface area contributed by atoms with E-state index < -0.39 is 16.1 Å². The number of carbonyl (C=O) groups is 2. The van der Waals surface area contributed by atoms with Gasteiger partial charge >= 0.3 is 0 Å². The number of benzene rings is 3. The largest absolute Gasteiger partial charge is 0.350 e. The van der Waals surface area contributed by atoms with E-state index in [0.717, 1.165) is 22.3 Å². The van der Waals surface area contributed by atoms with Crippen LogP contribution in [0.5, 0.6) is 0 Å². The molecule has 0 saturated heterocycles. The van der Waals surface area contributed by atoms with Crippen molar-refractivity contribution in [2.75, 3.05) is 6.54 Å². The number of hydrogen-bond acceptors (Lipinski definition) is 4. The lowest BCUT2D eigenvalue weighted by molar-refractivity contribution is -0.140. The number of sulfonamides is 1. The number of aryl methyl sites for hydroxylation is 2. The van der Waals surface area contributed by atoms with Gasteiger partial charge < -0.3 is 10.2 Å². The second-order valence-electron chi connectivity index (χ2n) is 9.03. The van der Waals surface area contributed by atoms with Gasteiger partial charge in [0.25, 0.3) is 0 Å². The Balaban J connectivity index is 1.67. The Kier molecular flexibility index (Phi) is 10.00. The van der Waals surface area contributed by atoms with Gasteiger partial charge in [0.05, 0.1) is 4.90 Å². The van der Waals surface area contributed by atoms with E-state index in [4.69, 9.17) is 0 Å². The number of hydrogen-bond donors (Lipinski definition) is 2. The molecule has 37 heavy (non-hydrogen) atoms. The zero-order chi connectivity index (χ0) is 26.8. The number of carbonyl (C=O) groups excluding carboxylic acids is 2. The third-order valence-corrected chi connectivity index (χ3v) is 7.71. The molecule has 0 aliphatic carbocycles. The van der Waals surface area contributed by atoms with E-state index in [1.807, 2.05) is 61.5 Å². The van der Waals surface area contributed by atoms with Crippen LogP contribution in [-0.2, 0) is 39.1 Å². The van der Waals surface area contributed by atoms with Crippen molar-refractivity contribution in [3.05, 3.63) is 101 Å². The average Bonchev–Trinajstić information content (AvgIpc) is 2.90. The highest BCUT2D eigenvalue weighted by molar-refractivity contribution is 7.89. The van der Waals surface area contributed by atoms with E-state index in [2.05, 4.69) is 10.0 Å². The molecule has 0 radical (unpaired) electrons. The highest BCUT2D eigenvalue weighted by Gasteiger charge is 2.26. The number of rotatable bonds is 12. The molecule has 2 N–H and O–H groups in total. The lowest BCUT2D eigenvalue weighted by Crippen LogP contribution is -2.47. The maximum absolute atomic E-state index is 13.3. The van der Waals surface area contributed by atoms with E-state index in [-0.39, 0.29) is 23.1 Å². The van der Waals surface area contributed by atoms with E-state index in [0.29, 0.717) is 26.1 Å². The fourth-order valence-corrected chi connectivity index (χ4v) is 4.95. The van der Waals surface area contributed by atoms with Crippen molar-refractivity contribution in [3.8, 4) is 0 Å². The maximum Gasteiger partial charge on any atom is 0.242 e. The molecule has 7 nitrogen and oxygen atoms in total. The molecule has 3 rings (SSSR count). The van der Waals surface area contributed by atoms with Crippen LogP contribution in [0.1, 0.15) is 42.5 Å². The smallest absolute Gasteiger partial charge is 0.242 e. The van der Waals surface area contributed by atoms with Crippen molar-refractivity contribution in [1.29, 1.82) is 0 Å². The zero-order valence-electron chi connectivity index (χ0n) is 21.6. The number of nitrogens with one attached hydrogen (secondary N) is 2. The second kappa shape index (κ2) is 13.2. The van der Waals surface area contributed by atoms with Crippen LogP contribution < -0.4 is 10.0 Å². The average molecular weight is 522 g/mol. The first kappa shape index (κ1) is 28.1. The molecule has 0 bridgehead atoms. The van der Waals surface area contributed by atoms with Gasteiger partial charge in [0, 0.05) is 26.1 Å². The van der Waals surface area contributed by atoms with Gasteiger partial charge in [-0.25, -0.2) is 13.1 Å². The summed E-state index contributed by atoms with van der Waals surface area (Å²) in [7, 11) is -3.52. The lowest BCUT2D eigenvalue weighted by Gasteiger charge is -2.29. The van der Waals surface area contributed by atoms with Gasteiger partial charge in [-0.15, -0.1) is 0 Å². The van der Waals surface area contributed by atoms with E-state index in [1.165, 1.54) is 0 Å². The predicted octanol–water partition coefficient (Wildman–Crippen LogP) is 3.96. The van der Waals surface area contributed by atoms with Crippen molar-refractivity contribution in [2.45, 2.75) is 57.6 Å². The van der Waals surface area contributed by atoms with Crippen molar-refractivity contribution in [3.63, 3.8) is 0 Å². The molecule has 0 fully saturated rings. The molecule has 8 heteroatoms. The Hall–Kier alpha value is -3.49. The molecule has 0 heterocycles. The first-order valence-electron chi connectivity index (χ1n) is 12.4. The Morgan fingerprint density at radius 2 is 1.49 bits per heavy atom. The van der Waals surface area contributed by atoms with Gasteiger partial charge in [-0.05, 0) is 49.1 Å². The SMILES string of the molecule is CCNS(=O)(=O)c1ccc(CCC(=O)N(Cc2ccccc2)C(C)C(=O)NCc2ccc(C)cc2)cc1. The van der Waals surface area contributed by atoms with Crippen LogP contribution in [0.4, 0.5) is 0 Å². The van der Waals surface area contributed by atoms with Gasteiger partial charge in [-0.1, -0.05) is 79.2 Å². The topological polar surface area (TPSA) is 95.6 Å². The third kappa shape index (κ3) is 8.27. The van der Waals surface area contributed by atoms with Crippen LogP contribution in [0, 0.1) is 6.92 Å². The van der Waals surface area contributed by atoms with Crippen LogP contribution in [0.3, 0.4) is 0 Å². The molecule has 0 aromatic heterocycles. The molecule has 0 spiro atoms. The molecule has 196 valence electrons. The van der Waals surface area contributed by atoms with Crippen molar-refractivity contribution < 1.29 is 18.0 Å². The zero-order valence-corrected chi connectivity index (χ0v) is 22.4. The summed E-state index contributed by atoms with van der Waals surface area (Å²) >= 11 is 0. The minimum atomic E-state index is -3.52. The number of nitrogens with zero attached hydrogens (tertiary/aromatic N) is 1. The first-order valence-corrected chi connectivity index (χ1v) is 13.9. The lowest BCUT2D eigenvalue weighted by atomic mass is 10.1. The summed E-state index contributed by atoms with van der Waals surface area (Å²) in [6, 6.07) is 23.4. The van der Waals surface area contributed by atoms with E-state index >= 15 is 0 Å². The van der Waals surface area contributed by atoms with E-state index in [1.54, 1.807) is 43.0 Å². The summed E-state index contributed by atoms with van der Waals surface area (Å²) in [5.41, 5.74) is 3.93. The molecule has 3 aromatic carbocycles.